The molecule has 2 nitrogen and oxygen atoms in total. The molecule has 0 saturated heterocycles. The highest BCUT2D eigenvalue weighted by molar-refractivity contribution is 6.21. The Kier molecular flexibility index (Phi) is 3.86. The van der Waals surface area contributed by atoms with E-state index in [1.165, 1.54) is 0 Å². The number of benzene rings is 7. The third-order valence-corrected chi connectivity index (χ3v) is 7.47. The third-order valence-electron chi connectivity index (χ3n) is 7.47. The van der Waals surface area contributed by atoms with Gasteiger partial charge in [-0.3, -0.25) is 4.57 Å². The second-order valence-corrected chi connectivity index (χ2v) is 9.60. The number of imidazole rings is 1. The van der Waals surface area contributed by atoms with Gasteiger partial charge in [-0.25, -0.2) is 4.98 Å². The first-order chi connectivity index (χ1) is 21.5. The van der Waals surface area contributed by atoms with E-state index in [9.17, 15) is 0 Å². The molecule has 0 atom stereocenters. The van der Waals surface area contributed by atoms with E-state index < -0.39 is 6.04 Å². The van der Waals surface area contributed by atoms with Crippen molar-refractivity contribution in [2.75, 3.05) is 0 Å². The molecule has 7 aromatic carbocycles. The maximum Gasteiger partial charge on any atom is 0.145 e. The molecule has 8 rings (SSSR count). The minimum Gasteiger partial charge on any atom is -0.291 e. The molecule has 0 radical (unpaired) electrons. The van der Waals surface area contributed by atoms with Crippen molar-refractivity contribution in [1.82, 2.24) is 9.55 Å². The summed E-state index contributed by atoms with van der Waals surface area (Å²) in [5, 5.41) is 6.33. The van der Waals surface area contributed by atoms with Crippen LogP contribution in [0.2, 0.25) is 0 Å². The van der Waals surface area contributed by atoms with Crippen molar-refractivity contribution >= 4 is 43.4 Å². The van der Waals surface area contributed by atoms with Crippen LogP contribution >= 0.6 is 0 Å². The Morgan fingerprint density at radius 2 is 1.13 bits per heavy atom. The largest absolute Gasteiger partial charge is 0.291 e. The minimum absolute atomic E-state index is 0.0680. The zero-order valence-corrected chi connectivity index (χ0v) is 20.9. The van der Waals surface area contributed by atoms with E-state index in [0.717, 1.165) is 54.6 Å². The molecule has 0 unspecified atom stereocenters. The number of hydrogen-bond donors (Lipinski definition) is 0. The second kappa shape index (κ2) is 8.68. The first kappa shape index (κ1) is 17.3. The maximum absolute atomic E-state index is 8.83. The van der Waals surface area contributed by atoms with E-state index in [2.05, 4.69) is 66.7 Å². The van der Waals surface area contributed by atoms with Gasteiger partial charge in [0.1, 0.15) is 5.82 Å². The Bertz CT molecular complexity index is 2370. The quantitative estimate of drug-likeness (QED) is 0.220. The summed E-state index contributed by atoms with van der Waals surface area (Å²) < 4.78 is 44.6. The van der Waals surface area contributed by atoms with Crippen molar-refractivity contribution in [3.63, 3.8) is 0 Å². The van der Waals surface area contributed by atoms with Crippen molar-refractivity contribution in [2.24, 2.45) is 0 Å². The van der Waals surface area contributed by atoms with Gasteiger partial charge in [0, 0.05) is 16.3 Å². The van der Waals surface area contributed by atoms with E-state index in [1.807, 2.05) is 53.1 Å². The molecule has 39 heavy (non-hydrogen) atoms. The van der Waals surface area contributed by atoms with E-state index in [0.29, 0.717) is 11.3 Å². The van der Waals surface area contributed by atoms with Gasteiger partial charge in [-0.1, -0.05) is 133 Å². The summed E-state index contributed by atoms with van der Waals surface area (Å²) >= 11 is 0. The lowest BCUT2D eigenvalue weighted by molar-refractivity contribution is 1.13. The van der Waals surface area contributed by atoms with E-state index in [4.69, 9.17) is 11.8 Å². The summed E-state index contributed by atoms with van der Waals surface area (Å²) in [5.74, 6) is 0.302. The molecule has 8 aromatic rings. The first-order valence-electron chi connectivity index (χ1n) is 15.4. The SMILES string of the molecule is [2H]c1c([2H])c([2H])c(-c2nc3ccccc3n2-c2c3ccccc3c(-c3cccc4ccccc34)c3ccccc23)c([2H])c1[2H]. The van der Waals surface area contributed by atoms with Crippen LogP contribution in [0, 0.1) is 0 Å². The molecule has 0 fully saturated rings. The molecule has 0 amide bonds. The first-order valence-corrected chi connectivity index (χ1v) is 12.9. The van der Waals surface area contributed by atoms with Crippen molar-refractivity contribution in [3.05, 3.63) is 145 Å². The number of nitrogens with zero attached hydrogens (tertiary/aromatic N) is 2. The normalized spacial score (nSPS) is 13.4. The molecule has 0 aliphatic heterocycles. The molecule has 1 heterocycles. The Hall–Kier alpha value is -5.21. The second-order valence-electron chi connectivity index (χ2n) is 9.60. The maximum atomic E-state index is 8.83. The molecular formula is C37H24N2. The zero-order valence-electron chi connectivity index (χ0n) is 25.9. The standard InChI is InChI=1S/C37H24N2/c1-2-14-26(15-3-1)37-38-33-23-10-11-24-34(33)39(37)36-31-20-8-6-18-29(31)35(30-19-7-9-21-32(30)36)28-22-12-16-25-13-4-5-17-27(25)28/h1-24H/i1D,2D,3D,14D,15D. The average molecular weight is 502 g/mol. The average Bonchev–Trinajstić information content (AvgIpc) is 3.43. The summed E-state index contributed by atoms with van der Waals surface area (Å²) in [6.07, 6.45) is 0. The lowest BCUT2D eigenvalue weighted by Crippen LogP contribution is -2.01. The van der Waals surface area contributed by atoms with E-state index in [1.54, 1.807) is 0 Å². The molecule has 0 aliphatic carbocycles. The van der Waals surface area contributed by atoms with Gasteiger partial charge in [-0.2, -0.15) is 0 Å². The van der Waals surface area contributed by atoms with Crippen LogP contribution in [0.5, 0.6) is 0 Å². The van der Waals surface area contributed by atoms with Crippen LogP contribution in [-0.2, 0) is 0 Å². The van der Waals surface area contributed by atoms with Crippen LogP contribution in [0.4, 0.5) is 0 Å². The Balaban J connectivity index is 1.58. The highest BCUT2D eigenvalue weighted by Gasteiger charge is 2.21. The molecule has 0 saturated carbocycles. The summed E-state index contributed by atoms with van der Waals surface area (Å²) in [6.45, 7) is 0. The summed E-state index contributed by atoms with van der Waals surface area (Å²) in [5.41, 5.74) is 4.60. The molecule has 1 aromatic heterocycles. The van der Waals surface area contributed by atoms with Gasteiger partial charge >= 0.3 is 0 Å². The van der Waals surface area contributed by atoms with Crippen LogP contribution in [0.3, 0.4) is 0 Å². The summed E-state index contributed by atoms with van der Waals surface area (Å²) in [4.78, 5) is 4.92. The number of fused-ring (bicyclic) bond motifs is 4. The Morgan fingerprint density at radius 1 is 0.538 bits per heavy atom. The highest BCUT2D eigenvalue weighted by Crippen LogP contribution is 2.44. The molecule has 0 bridgehead atoms. The molecule has 2 heteroatoms. The summed E-state index contributed by atoms with van der Waals surface area (Å²) in [7, 11) is 0. The van der Waals surface area contributed by atoms with Crippen LogP contribution in [0.15, 0.2) is 145 Å². The van der Waals surface area contributed by atoms with Crippen LogP contribution in [-0.4, -0.2) is 9.55 Å². The monoisotopic (exact) mass is 501 g/mol. The van der Waals surface area contributed by atoms with Crippen molar-refractivity contribution in [2.45, 2.75) is 0 Å². The fourth-order valence-electron chi connectivity index (χ4n) is 5.86. The van der Waals surface area contributed by atoms with Crippen molar-refractivity contribution in [3.8, 4) is 28.2 Å². The lowest BCUT2D eigenvalue weighted by Gasteiger charge is -2.20. The zero-order chi connectivity index (χ0) is 30.1. The number of aromatic nitrogens is 2. The fourth-order valence-corrected chi connectivity index (χ4v) is 5.86. The Morgan fingerprint density at radius 3 is 1.87 bits per heavy atom. The van der Waals surface area contributed by atoms with Gasteiger partial charge in [0.25, 0.3) is 0 Å². The smallest absolute Gasteiger partial charge is 0.145 e. The predicted molar refractivity (Wildman–Crippen MR) is 164 cm³/mol. The van der Waals surface area contributed by atoms with E-state index in [-0.39, 0.29) is 29.7 Å². The van der Waals surface area contributed by atoms with Crippen molar-refractivity contribution in [1.29, 1.82) is 0 Å². The molecular weight excluding hydrogens is 472 g/mol. The molecule has 182 valence electrons. The summed E-state index contributed by atoms with van der Waals surface area (Å²) in [6, 6.07) is 37.2. The van der Waals surface area contributed by atoms with Gasteiger partial charge in [0.15, 0.2) is 0 Å². The molecule has 0 N–H and O–H groups in total. The van der Waals surface area contributed by atoms with E-state index >= 15 is 0 Å². The predicted octanol–water partition coefficient (Wildman–Crippen LogP) is 9.82. The van der Waals surface area contributed by atoms with Crippen molar-refractivity contribution < 1.29 is 6.85 Å². The third kappa shape index (κ3) is 3.32. The van der Waals surface area contributed by atoms with Crippen LogP contribution in [0.1, 0.15) is 6.85 Å². The minimum atomic E-state index is -0.429. The van der Waals surface area contributed by atoms with Gasteiger partial charge < -0.3 is 0 Å². The fraction of sp³-hybridized carbons (Fsp3) is 0. The number of hydrogen-bond acceptors (Lipinski definition) is 1. The van der Waals surface area contributed by atoms with Gasteiger partial charge in [-0.15, -0.1) is 0 Å². The molecule has 0 aliphatic rings. The lowest BCUT2D eigenvalue weighted by atomic mass is 9.88. The van der Waals surface area contributed by atoms with Crippen LogP contribution in [0.25, 0.3) is 71.6 Å². The number of rotatable bonds is 3. The topological polar surface area (TPSA) is 17.8 Å². The van der Waals surface area contributed by atoms with Gasteiger partial charge in [0.2, 0.25) is 0 Å². The van der Waals surface area contributed by atoms with Gasteiger partial charge in [-0.05, 0) is 44.8 Å². The number of para-hydroxylation sites is 2. The van der Waals surface area contributed by atoms with Gasteiger partial charge in [0.05, 0.1) is 23.6 Å². The Labute approximate surface area is 233 Å². The molecule has 0 spiro atoms. The highest BCUT2D eigenvalue weighted by atomic mass is 15.1. The van der Waals surface area contributed by atoms with Crippen LogP contribution < -0.4 is 0 Å².